The number of phenolic OH excluding ortho intramolecular Hbond substituents is 1. The molecule has 0 saturated carbocycles. The summed E-state index contributed by atoms with van der Waals surface area (Å²) in [6.07, 6.45) is -4.55. The van der Waals surface area contributed by atoms with E-state index in [9.17, 15) is 13.2 Å². The van der Waals surface area contributed by atoms with Crippen LogP contribution in [0, 0.1) is 0 Å². The van der Waals surface area contributed by atoms with Crippen LogP contribution in [0.5, 0.6) is 5.75 Å². The van der Waals surface area contributed by atoms with E-state index in [0.717, 1.165) is 6.07 Å². The van der Waals surface area contributed by atoms with Crippen molar-refractivity contribution in [3.05, 3.63) is 27.2 Å². The van der Waals surface area contributed by atoms with E-state index < -0.39 is 22.5 Å². The van der Waals surface area contributed by atoms with E-state index in [1.54, 1.807) is 0 Å². The van der Waals surface area contributed by atoms with Gasteiger partial charge < -0.3 is 5.11 Å². The second kappa shape index (κ2) is 3.38. The van der Waals surface area contributed by atoms with Crippen LogP contribution in [-0.4, -0.2) is 5.11 Å². The van der Waals surface area contributed by atoms with Crippen LogP contribution in [0.2, 0.25) is 5.02 Å². The minimum Gasteiger partial charge on any atom is -0.507 e. The van der Waals surface area contributed by atoms with Gasteiger partial charge in [-0.2, -0.15) is 13.2 Å². The summed E-state index contributed by atoms with van der Waals surface area (Å²) in [6.45, 7) is 0. The van der Waals surface area contributed by atoms with Crippen LogP contribution in [0.1, 0.15) is 5.56 Å². The molecule has 0 aliphatic carbocycles. The average molecular weight is 275 g/mol. The number of benzene rings is 1. The van der Waals surface area contributed by atoms with Crippen LogP contribution in [0.4, 0.5) is 13.2 Å². The van der Waals surface area contributed by atoms with Crippen LogP contribution in [0.3, 0.4) is 0 Å². The summed E-state index contributed by atoms with van der Waals surface area (Å²) in [5, 5.41) is 8.54. The van der Waals surface area contributed by atoms with Crippen LogP contribution < -0.4 is 0 Å². The molecule has 0 saturated heterocycles. The highest BCUT2D eigenvalue weighted by atomic mass is 79.9. The molecule has 0 fully saturated rings. The normalized spacial score (nSPS) is 11.8. The van der Waals surface area contributed by atoms with Crippen molar-refractivity contribution >= 4 is 27.5 Å². The van der Waals surface area contributed by atoms with Crippen molar-refractivity contribution in [3.8, 4) is 5.75 Å². The van der Waals surface area contributed by atoms with Gasteiger partial charge in [0.15, 0.2) is 0 Å². The Morgan fingerprint density at radius 1 is 1.31 bits per heavy atom. The second-order valence-corrected chi connectivity index (χ2v) is 3.54. The first-order valence-electron chi connectivity index (χ1n) is 3.07. The van der Waals surface area contributed by atoms with E-state index >= 15 is 0 Å². The molecule has 0 bridgehead atoms. The minimum atomic E-state index is -4.55. The summed E-state index contributed by atoms with van der Waals surface area (Å²) in [4.78, 5) is 0. The molecule has 1 aromatic rings. The lowest BCUT2D eigenvalue weighted by Crippen LogP contribution is -2.05. The Morgan fingerprint density at radius 3 is 2.31 bits per heavy atom. The number of alkyl halides is 3. The van der Waals surface area contributed by atoms with Gasteiger partial charge in [-0.15, -0.1) is 0 Å². The van der Waals surface area contributed by atoms with Gasteiger partial charge in [-0.3, -0.25) is 0 Å². The van der Waals surface area contributed by atoms with Crippen LogP contribution >= 0.6 is 27.5 Å². The molecular formula is C7H3BrClF3O. The van der Waals surface area contributed by atoms with Crippen LogP contribution in [0.25, 0.3) is 0 Å². The lowest BCUT2D eigenvalue weighted by atomic mass is 10.2. The van der Waals surface area contributed by atoms with Gasteiger partial charge in [-0.25, -0.2) is 0 Å². The maximum atomic E-state index is 12.1. The highest BCUT2D eigenvalue weighted by molar-refractivity contribution is 9.10. The molecule has 0 radical (unpaired) electrons. The average Bonchev–Trinajstić information content (AvgIpc) is 1.94. The van der Waals surface area contributed by atoms with E-state index in [2.05, 4.69) is 15.9 Å². The third-order valence-corrected chi connectivity index (χ3v) is 2.29. The summed E-state index contributed by atoms with van der Waals surface area (Å²) in [6, 6.07) is 1.58. The fourth-order valence-electron chi connectivity index (χ4n) is 0.755. The lowest BCUT2D eigenvalue weighted by molar-refractivity contribution is -0.137. The zero-order chi connectivity index (χ0) is 10.2. The van der Waals surface area contributed by atoms with Crippen molar-refractivity contribution in [2.75, 3.05) is 0 Å². The van der Waals surface area contributed by atoms with E-state index in [4.69, 9.17) is 16.7 Å². The van der Waals surface area contributed by atoms with Crippen molar-refractivity contribution in [2.45, 2.75) is 6.18 Å². The summed E-state index contributed by atoms with van der Waals surface area (Å²) in [5.74, 6) is -0.489. The van der Waals surface area contributed by atoms with E-state index in [1.807, 2.05) is 0 Å². The van der Waals surface area contributed by atoms with Gasteiger partial charge in [0.2, 0.25) is 0 Å². The Kier molecular flexibility index (Phi) is 2.77. The Balaban J connectivity index is 3.32. The summed E-state index contributed by atoms with van der Waals surface area (Å²) in [5.41, 5.74) is -1.05. The topological polar surface area (TPSA) is 20.2 Å². The number of halogens is 5. The van der Waals surface area contributed by atoms with E-state index in [1.165, 1.54) is 0 Å². The fraction of sp³-hybridized carbons (Fsp3) is 0.143. The molecule has 0 spiro atoms. The SMILES string of the molecule is Oc1cc(C(F)(F)F)c(Cl)cc1Br. The van der Waals surface area contributed by atoms with Crippen LogP contribution in [0.15, 0.2) is 16.6 Å². The van der Waals surface area contributed by atoms with E-state index in [-0.39, 0.29) is 4.47 Å². The van der Waals surface area contributed by atoms with Crippen molar-refractivity contribution in [3.63, 3.8) is 0 Å². The molecule has 1 nitrogen and oxygen atoms in total. The first-order chi connectivity index (χ1) is 5.82. The number of aromatic hydroxyl groups is 1. The molecule has 0 atom stereocenters. The molecule has 0 unspecified atom stereocenters. The monoisotopic (exact) mass is 274 g/mol. The van der Waals surface area contributed by atoms with Gasteiger partial charge in [0.1, 0.15) is 5.75 Å². The Bertz CT molecular complexity index is 337. The van der Waals surface area contributed by atoms with E-state index in [0.29, 0.717) is 6.07 Å². The molecule has 0 aliphatic heterocycles. The Morgan fingerprint density at radius 2 is 1.85 bits per heavy atom. The summed E-state index contributed by atoms with van der Waals surface area (Å²) >= 11 is 8.17. The zero-order valence-corrected chi connectivity index (χ0v) is 8.33. The molecule has 72 valence electrons. The Hall–Kier alpha value is -0.420. The largest absolute Gasteiger partial charge is 0.507 e. The highest BCUT2D eigenvalue weighted by Gasteiger charge is 2.33. The van der Waals surface area contributed by atoms with Gasteiger partial charge in [0.25, 0.3) is 0 Å². The van der Waals surface area contributed by atoms with Gasteiger partial charge in [0, 0.05) is 0 Å². The Labute approximate surface area is 85.3 Å². The molecule has 0 amide bonds. The van der Waals surface area contributed by atoms with Crippen LogP contribution in [-0.2, 0) is 6.18 Å². The molecular weight excluding hydrogens is 272 g/mol. The first kappa shape index (κ1) is 10.7. The molecule has 0 aromatic heterocycles. The van der Waals surface area contributed by atoms with Crippen molar-refractivity contribution in [2.24, 2.45) is 0 Å². The predicted molar refractivity (Wildman–Crippen MR) is 45.8 cm³/mol. The highest BCUT2D eigenvalue weighted by Crippen LogP contribution is 2.39. The number of phenols is 1. The molecule has 1 N–H and O–H groups in total. The maximum absolute atomic E-state index is 12.1. The first-order valence-corrected chi connectivity index (χ1v) is 4.24. The lowest BCUT2D eigenvalue weighted by Gasteiger charge is -2.09. The standard InChI is InChI=1S/C7H3BrClF3O/c8-4-2-5(9)3(1-6(4)13)7(10,11)12/h1-2,13H. The maximum Gasteiger partial charge on any atom is 0.417 e. The molecule has 6 heteroatoms. The van der Waals surface area contributed by atoms with Crippen molar-refractivity contribution in [1.29, 1.82) is 0 Å². The number of rotatable bonds is 0. The molecule has 1 aromatic carbocycles. The van der Waals surface area contributed by atoms with Crippen molar-refractivity contribution in [1.82, 2.24) is 0 Å². The van der Waals surface area contributed by atoms with Gasteiger partial charge in [-0.05, 0) is 28.1 Å². The second-order valence-electron chi connectivity index (χ2n) is 2.28. The smallest absolute Gasteiger partial charge is 0.417 e. The number of hydrogen-bond acceptors (Lipinski definition) is 1. The quantitative estimate of drug-likeness (QED) is 0.763. The molecule has 13 heavy (non-hydrogen) atoms. The third-order valence-electron chi connectivity index (χ3n) is 1.34. The zero-order valence-electron chi connectivity index (χ0n) is 5.99. The molecule has 0 aliphatic rings. The van der Waals surface area contributed by atoms with Crippen molar-refractivity contribution < 1.29 is 18.3 Å². The third kappa shape index (κ3) is 2.28. The fourth-order valence-corrected chi connectivity index (χ4v) is 1.50. The number of hydrogen-bond donors (Lipinski definition) is 1. The predicted octanol–water partition coefficient (Wildman–Crippen LogP) is 3.83. The van der Waals surface area contributed by atoms with Gasteiger partial charge in [-0.1, -0.05) is 11.6 Å². The van der Waals surface area contributed by atoms with Gasteiger partial charge >= 0.3 is 6.18 Å². The molecule has 1 rings (SSSR count). The van der Waals surface area contributed by atoms with Gasteiger partial charge in [0.05, 0.1) is 15.1 Å². The summed E-state index contributed by atoms with van der Waals surface area (Å²) in [7, 11) is 0. The molecule has 0 heterocycles. The minimum absolute atomic E-state index is 0.130. The summed E-state index contributed by atoms with van der Waals surface area (Å²) < 4.78 is 36.6.